The summed E-state index contributed by atoms with van der Waals surface area (Å²) in [5, 5.41) is 34.0. The van der Waals surface area contributed by atoms with Crippen molar-refractivity contribution in [2.24, 2.45) is 5.10 Å². The van der Waals surface area contributed by atoms with Gasteiger partial charge in [-0.15, -0.1) is 0 Å². The number of rotatable bonds is 6. The number of hydrogen-bond donors (Lipinski definition) is 3. The van der Waals surface area contributed by atoms with Crippen molar-refractivity contribution in [3.05, 3.63) is 56.0 Å². The lowest BCUT2D eigenvalue weighted by molar-refractivity contribution is -0.384. The second-order valence-corrected chi connectivity index (χ2v) is 5.79. The van der Waals surface area contributed by atoms with Gasteiger partial charge in [0.2, 0.25) is 0 Å². The average Bonchev–Trinajstić information content (AvgIpc) is 2.59. The molecule has 0 atom stereocenters. The molecule has 2 aromatic carbocycles. The molecule has 0 aromatic heterocycles. The highest BCUT2D eigenvalue weighted by molar-refractivity contribution is 9.10. The lowest BCUT2D eigenvalue weighted by atomic mass is 10.1. The summed E-state index contributed by atoms with van der Waals surface area (Å²) < 4.78 is 5.66. The van der Waals surface area contributed by atoms with Gasteiger partial charge in [-0.05, 0) is 46.6 Å². The van der Waals surface area contributed by atoms with Gasteiger partial charge in [0.1, 0.15) is 5.75 Å². The highest BCUT2D eigenvalue weighted by Gasteiger charge is 2.16. The molecule has 9 nitrogen and oxygen atoms in total. The summed E-state index contributed by atoms with van der Waals surface area (Å²) >= 11 is 3.18. The quantitative estimate of drug-likeness (QED) is 0.371. The summed E-state index contributed by atoms with van der Waals surface area (Å²) in [6.07, 6.45) is 1.29. The molecule has 0 bridgehead atoms. The van der Waals surface area contributed by atoms with Crippen LogP contribution in [0.2, 0.25) is 0 Å². The maximum Gasteiger partial charge on any atom is 0.275 e. The van der Waals surface area contributed by atoms with Crippen molar-refractivity contribution in [1.29, 1.82) is 0 Å². The fourth-order valence-electron chi connectivity index (χ4n) is 1.98. The number of nitro benzene ring substituents is 1. The third-order valence-electron chi connectivity index (χ3n) is 3.17. The van der Waals surface area contributed by atoms with Crippen LogP contribution in [0.15, 0.2) is 39.9 Å². The number of nitrogens with one attached hydrogen (secondary N) is 1. The molecule has 0 saturated carbocycles. The van der Waals surface area contributed by atoms with Crippen molar-refractivity contribution in [3.8, 4) is 17.2 Å². The Morgan fingerprint density at radius 2 is 2.12 bits per heavy atom. The van der Waals surface area contributed by atoms with Crippen LogP contribution < -0.4 is 10.2 Å². The molecule has 1 amide bonds. The van der Waals surface area contributed by atoms with E-state index >= 15 is 0 Å². The second-order valence-electron chi connectivity index (χ2n) is 4.94. The van der Waals surface area contributed by atoms with Crippen molar-refractivity contribution >= 4 is 33.7 Å². The van der Waals surface area contributed by atoms with Crippen molar-refractivity contribution in [3.63, 3.8) is 0 Å². The number of hydrogen-bond acceptors (Lipinski definition) is 7. The molecule has 136 valence electrons. The normalized spacial score (nSPS) is 10.7. The maximum absolute atomic E-state index is 12.0. The van der Waals surface area contributed by atoms with E-state index in [0.717, 1.165) is 18.2 Å². The summed E-state index contributed by atoms with van der Waals surface area (Å²) in [6.45, 7) is 2.11. The van der Waals surface area contributed by atoms with E-state index in [2.05, 4.69) is 26.5 Å². The average molecular weight is 424 g/mol. The SMILES string of the molecule is CCOc1cc(C=NNC(=O)c2cc([N+](=O)[O-])ccc2O)cc(Br)c1O. The van der Waals surface area contributed by atoms with E-state index in [9.17, 15) is 25.1 Å². The fraction of sp³-hybridized carbons (Fsp3) is 0.125. The van der Waals surface area contributed by atoms with Gasteiger partial charge in [-0.3, -0.25) is 14.9 Å². The van der Waals surface area contributed by atoms with E-state index in [1.807, 2.05) is 0 Å². The Balaban J connectivity index is 2.17. The first-order chi connectivity index (χ1) is 12.3. The third kappa shape index (κ3) is 4.48. The third-order valence-corrected chi connectivity index (χ3v) is 3.77. The van der Waals surface area contributed by atoms with E-state index in [4.69, 9.17) is 4.74 Å². The van der Waals surface area contributed by atoms with Gasteiger partial charge in [0.15, 0.2) is 11.5 Å². The number of nitro groups is 1. The number of ether oxygens (including phenoxy) is 1. The molecule has 26 heavy (non-hydrogen) atoms. The Labute approximate surface area is 156 Å². The van der Waals surface area contributed by atoms with Gasteiger partial charge in [-0.25, -0.2) is 5.43 Å². The zero-order chi connectivity index (χ0) is 19.3. The summed E-state index contributed by atoms with van der Waals surface area (Å²) in [5.74, 6) is -1.04. The minimum atomic E-state index is -0.815. The molecule has 2 aromatic rings. The van der Waals surface area contributed by atoms with Gasteiger partial charge in [0.25, 0.3) is 11.6 Å². The number of carbonyl (C=O) groups is 1. The molecule has 3 N–H and O–H groups in total. The van der Waals surface area contributed by atoms with E-state index in [1.54, 1.807) is 13.0 Å². The van der Waals surface area contributed by atoms with Gasteiger partial charge in [0.05, 0.1) is 27.8 Å². The Hall–Kier alpha value is -3.14. The van der Waals surface area contributed by atoms with Crippen molar-refractivity contribution in [2.75, 3.05) is 6.61 Å². The maximum atomic E-state index is 12.0. The molecule has 0 aliphatic rings. The standard InChI is InChI=1S/C16H14BrN3O6/c1-2-26-14-6-9(5-12(17)15(14)22)8-18-19-16(23)11-7-10(20(24)25)3-4-13(11)21/h3-8,21-22H,2H2,1H3,(H,19,23). The molecule has 0 saturated heterocycles. The van der Waals surface area contributed by atoms with Gasteiger partial charge >= 0.3 is 0 Å². The zero-order valence-electron chi connectivity index (χ0n) is 13.5. The number of non-ortho nitro benzene ring substituents is 1. The number of amides is 1. The van der Waals surface area contributed by atoms with Crippen LogP contribution in [-0.2, 0) is 0 Å². The number of phenols is 2. The first kappa shape index (κ1) is 19.2. The van der Waals surface area contributed by atoms with Gasteiger partial charge in [-0.2, -0.15) is 5.10 Å². The molecular formula is C16H14BrN3O6. The minimum Gasteiger partial charge on any atom is -0.507 e. The van der Waals surface area contributed by atoms with Crippen LogP contribution in [0.3, 0.4) is 0 Å². The van der Waals surface area contributed by atoms with Crippen LogP contribution in [0, 0.1) is 10.1 Å². The van der Waals surface area contributed by atoms with Crippen molar-refractivity contribution in [2.45, 2.75) is 6.92 Å². The Kier molecular flexibility index (Phi) is 6.12. The van der Waals surface area contributed by atoms with E-state index in [1.165, 1.54) is 12.3 Å². The zero-order valence-corrected chi connectivity index (χ0v) is 15.1. The lowest BCUT2D eigenvalue weighted by Crippen LogP contribution is -2.18. The molecule has 0 aliphatic heterocycles. The Bertz CT molecular complexity index is 885. The summed E-state index contributed by atoms with van der Waals surface area (Å²) in [6, 6.07) is 6.16. The molecule has 0 spiro atoms. The second kappa shape index (κ2) is 8.30. The molecule has 2 rings (SSSR count). The number of halogens is 1. The fourth-order valence-corrected chi connectivity index (χ4v) is 2.44. The number of phenolic OH excluding ortho intramolecular Hbond substituents is 2. The molecular weight excluding hydrogens is 410 g/mol. The first-order valence-electron chi connectivity index (χ1n) is 7.29. The highest BCUT2D eigenvalue weighted by Crippen LogP contribution is 2.35. The van der Waals surface area contributed by atoms with Crippen LogP contribution in [0.5, 0.6) is 17.2 Å². The monoisotopic (exact) mass is 423 g/mol. The van der Waals surface area contributed by atoms with Crippen LogP contribution in [0.1, 0.15) is 22.8 Å². The molecule has 0 heterocycles. The highest BCUT2D eigenvalue weighted by atomic mass is 79.9. The topological polar surface area (TPSA) is 134 Å². The molecule has 0 radical (unpaired) electrons. The lowest BCUT2D eigenvalue weighted by Gasteiger charge is -2.08. The predicted molar refractivity (Wildman–Crippen MR) is 96.8 cm³/mol. The number of benzene rings is 2. The van der Waals surface area contributed by atoms with E-state index in [0.29, 0.717) is 16.6 Å². The Morgan fingerprint density at radius 1 is 1.38 bits per heavy atom. The van der Waals surface area contributed by atoms with Crippen molar-refractivity contribution in [1.82, 2.24) is 5.43 Å². The van der Waals surface area contributed by atoms with Gasteiger partial charge < -0.3 is 14.9 Å². The molecule has 0 fully saturated rings. The molecule has 10 heteroatoms. The smallest absolute Gasteiger partial charge is 0.275 e. The molecule has 0 aliphatic carbocycles. The number of aromatic hydroxyl groups is 2. The van der Waals surface area contributed by atoms with Gasteiger partial charge in [-0.1, -0.05) is 0 Å². The van der Waals surface area contributed by atoms with E-state index < -0.39 is 16.6 Å². The number of hydrazone groups is 1. The summed E-state index contributed by atoms with van der Waals surface area (Å²) in [4.78, 5) is 22.1. The van der Waals surface area contributed by atoms with Crippen LogP contribution in [0.25, 0.3) is 0 Å². The summed E-state index contributed by atoms with van der Waals surface area (Å²) in [5.41, 5.74) is 2.07. The minimum absolute atomic E-state index is 0.0606. The predicted octanol–water partition coefficient (Wildman–Crippen LogP) is 2.93. The van der Waals surface area contributed by atoms with E-state index in [-0.39, 0.29) is 22.7 Å². The molecule has 0 unspecified atom stereocenters. The Morgan fingerprint density at radius 3 is 2.77 bits per heavy atom. The van der Waals surface area contributed by atoms with Crippen LogP contribution in [-0.4, -0.2) is 33.9 Å². The first-order valence-corrected chi connectivity index (χ1v) is 8.09. The van der Waals surface area contributed by atoms with Crippen LogP contribution in [0.4, 0.5) is 5.69 Å². The van der Waals surface area contributed by atoms with Crippen molar-refractivity contribution < 1.29 is 24.7 Å². The number of carbonyl (C=O) groups excluding carboxylic acids is 1. The summed E-state index contributed by atoms with van der Waals surface area (Å²) in [7, 11) is 0. The van der Waals surface area contributed by atoms with Gasteiger partial charge in [0, 0.05) is 12.1 Å². The largest absolute Gasteiger partial charge is 0.507 e. The number of nitrogens with zero attached hydrogens (tertiary/aromatic N) is 2. The van der Waals surface area contributed by atoms with Crippen LogP contribution >= 0.6 is 15.9 Å².